The summed E-state index contributed by atoms with van der Waals surface area (Å²) in [4.78, 5) is 30.7. The monoisotopic (exact) mass is 394 g/mol. The lowest BCUT2D eigenvalue weighted by molar-refractivity contribution is -0.117. The Morgan fingerprint density at radius 2 is 2.19 bits per heavy atom. The molecule has 1 aliphatic heterocycles. The summed E-state index contributed by atoms with van der Waals surface area (Å²) in [6.07, 6.45) is 0.363. The van der Waals surface area contributed by atoms with E-state index in [0.29, 0.717) is 11.4 Å². The SMILES string of the molecule is CC(C)(C)OC(=O)N1C[C@@H](S)C[C@@]1(C=O)N(N)c1nc2ccccc2s1. The summed E-state index contributed by atoms with van der Waals surface area (Å²) in [6.45, 7) is 5.58. The van der Waals surface area contributed by atoms with Gasteiger partial charge in [-0.15, -0.1) is 0 Å². The van der Waals surface area contributed by atoms with Gasteiger partial charge in [0.05, 0.1) is 10.2 Å². The fraction of sp³-hybridized carbons (Fsp3) is 0.471. The molecule has 140 valence electrons. The first-order valence-corrected chi connectivity index (χ1v) is 9.55. The molecule has 1 fully saturated rings. The third kappa shape index (κ3) is 3.38. The van der Waals surface area contributed by atoms with Crippen LogP contribution in [0.15, 0.2) is 24.3 Å². The van der Waals surface area contributed by atoms with Crippen molar-refractivity contribution < 1.29 is 14.3 Å². The summed E-state index contributed by atoms with van der Waals surface area (Å²) in [6, 6.07) is 7.60. The van der Waals surface area contributed by atoms with E-state index in [-0.39, 0.29) is 18.2 Å². The van der Waals surface area contributed by atoms with Crippen LogP contribution >= 0.6 is 24.0 Å². The number of hydrazine groups is 1. The zero-order valence-electron chi connectivity index (χ0n) is 14.9. The number of likely N-dealkylation sites (tertiary alicyclic amines) is 1. The Morgan fingerprint density at radius 3 is 2.81 bits per heavy atom. The lowest BCUT2D eigenvalue weighted by Gasteiger charge is -2.40. The minimum atomic E-state index is -1.39. The highest BCUT2D eigenvalue weighted by Crippen LogP contribution is 2.38. The van der Waals surface area contributed by atoms with Gasteiger partial charge >= 0.3 is 6.09 Å². The van der Waals surface area contributed by atoms with Crippen molar-refractivity contribution in [1.29, 1.82) is 0 Å². The standard InChI is InChI=1S/C17H22N4O3S2/c1-16(2,3)24-15(23)20-9-11(25)8-17(20,10-22)21(18)14-19-12-6-4-5-7-13(12)26-14/h4-7,10-11,25H,8-9,18H2,1-3H3/t11-,17-/m0/s1. The first-order chi connectivity index (χ1) is 12.2. The van der Waals surface area contributed by atoms with E-state index in [1.165, 1.54) is 21.2 Å². The number of aromatic nitrogens is 1. The van der Waals surface area contributed by atoms with Crippen LogP contribution in [0.1, 0.15) is 27.2 Å². The maximum atomic E-state index is 12.7. The highest BCUT2D eigenvalue weighted by atomic mass is 32.1. The third-order valence-electron chi connectivity index (χ3n) is 4.11. The van der Waals surface area contributed by atoms with Crippen LogP contribution < -0.4 is 10.9 Å². The molecule has 1 aromatic carbocycles. The largest absolute Gasteiger partial charge is 0.444 e. The van der Waals surface area contributed by atoms with E-state index in [9.17, 15) is 9.59 Å². The van der Waals surface area contributed by atoms with Gasteiger partial charge in [0, 0.05) is 18.2 Å². The number of ether oxygens (including phenoxy) is 1. The molecule has 0 bridgehead atoms. The minimum Gasteiger partial charge on any atom is -0.444 e. The Morgan fingerprint density at radius 1 is 1.50 bits per heavy atom. The lowest BCUT2D eigenvalue weighted by atomic mass is 10.1. The number of hydrogen-bond donors (Lipinski definition) is 2. The number of benzene rings is 1. The average molecular weight is 395 g/mol. The smallest absolute Gasteiger partial charge is 0.412 e. The van der Waals surface area contributed by atoms with Gasteiger partial charge in [-0.2, -0.15) is 12.6 Å². The van der Waals surface area contributed by atoms with E-state index < -0.39 is 17.4 Å². The second-order valence-corrected chi connectivity index (χ2v) is 9.02. The van der Waals surface area contributed by atoms with Crippen molar-refractivity contribution in [3.05, 3.63) is 24.3 Å². The Labute approximate surface area is 161 Å². The van der Waals surface area contributed by atoms with Gasteiger partial charge in [-0.3, -0.25) is 14.7 Å². The van der Waals surface area contributed by atoms with Crippen LogP contribution in [0.4, 0.5) is 9.93 Å². The molecule has 1 aromatic heterocycles. The number of para-hydroxylation sites is 1. The predicted octanol–water partition coefficient (Wildman–Crippen LogP) is 2.81. The molecule has 1 amide bonds. The van der Waals surface area contributed by atoms with Crippen molar-refractivity contribution >= 4 is 51.7 Å². The number of carbonyl (C=O) groups excluding carboxylic acids is 2. The van der Waals surface area contributed by atoms with E-state index in [1.54, 1.807) is 20.8 Å². The number of thiazole rings is 1. The molecule has 0 spiro atoms. The van der Waals surface area contributed by atoms with Crippen molar-refractivity contribution in [2.24, 2.45) is 5.84 Å². The Bertz CT molecular complexity index is 802. The van der Waals surface area contributed by atoms with Gasteiger partial charge in [0.15, 0.2) is 11.9 Å². The molecular weight excluding hydrogens is 372 g/mol. The molecule has 2 N–H and O–H groups in total. The quantitative estimate of drug-likeness (QED) is 0.360. The molecule has 1 aliphatic rings. The second kappa shape index (κ2) is 6.71. The third-order valence-corrected chi connectivity index (χ3v) is 5.49. The summed E-state index contributed by atoms with van der Waals surface area (Å²) in [5.74, 6) is 6.33. The molecule has 0 saturated carbocycles. The van der Waals surface area contributed by atoms with Crippen LogP contribution in [0.25, 0.3) is 10.2 Å². The van der Waals surface area contributed by atoms with Gasteiger partial charge in [0.2, 0.25) is 5.13 Å². The second-order valence-electron chi connectivity index (χ2n) is 7.28. The zero-order valence-corrected chi connectivity index (χ0v) is 16.6. The molecule has 2 atom stereocenters. The molecule has 26 heavy (non-hydrogen) atoms. The summed E-state index contributed by atoms with van der Waals surface area (Å²) in [5, 5.41) is 1.52. The summed E-state index contributed by atoms with van der Waals surface area (Å²) >= 11 is 5.84. The highest BCUT2D eigenvalue weighted by Gasteiger charge is 2.53. The summed E-state index contributed by atoms with van der Waals surface area (Å²) in [5.41, 5.74) is -1.29. The topological polar surface area (TPSA) is 88.8 Å². The molecule has 0 aliphatic carbocycles. The predicted molar refractivity (Wildman–Crippen MR) is 105 cm³/mol. The Balaban J connectivity index is 1.98. The number of aldehydes is 1. The lowest BCUT2D eigenvalue weighted by Crippen LogP contribution is -2.64. The van der Waals surface area contributed by atoms with Gasteiger partial charge in [-0.05, 0) is 32.9 Å². The molecule has 3 rings (SSSR count). The van der Waals surface area contributed by atoms with E-state index in [0.717, 1.165) is 10.2 Å². The number of nitrogens with zero attached hydrogens (tertiary/aromatic N) is 3. The molecule has 0 unspecified atom stereocenters. The van der Waals surface area contributed by atoms with Crippen molar-refractivity contribution in [3.8, 4) is 0 Å². The van der Waals surface area contributed by atoms with Crippen molar-refractivity contribution in [1.82, 2.24) is 9.88 Å². The molecule has 2 heterocycles. The zero-order chi connectivity index (χ0) is 19.1. The molecule has 9 heteroatoms. The van der Waals surface area contributed by atoms with Crippen LogP contribution in [-0.4, -0.2) is 45.3 Å². The molecule has 0 radical (unpaired) electrons. The van der Waals surface area contributed by atoms with Gasteiger partial charge in [0.25, 0.3) is 0 Å². The normalized spacial score (nSPS) is 23.3. The van der Waals surface area contributed by atoms with Crippen LogP contribution in [0.3, 0.4) is 0 Å². The van der Waals surface area contributed by atoms with Gasteiger partial charge in [-0.25, -0.2) is 15.6 Å². The van der Waals surface area contributed by atoms with Crippen LogP contribution in [0.5, 0.6) is 0 Å². The Hall–Kier alpha value is -1.84. The maximum Gasteiger partial charge on any atom is 0.412 e. The molecular formula is C17H22N4O3S2. The Kier molecular flexibility index (Phi) is 4.89. The fourth-order valence-corrected chi connectivity index (χ4v) is 4.36. The number of carbonyl (C=O) groups is 2. The number of nitrogens with two attached hydrogens (primary N) is 1. The first kappa shape index (κ1) is 18.9. The van der Waals surface area contributed by atoms with Crippen molar-refractivity contribution in [2.75, 3.05) is 11.6 Å². The maximum absolute atomic E-state index is 12.7. The van der Waals surface area contributed by atoms with Gasteiger partial charge in [0.1, 0.15) is 5.60 Å². The molecule has 7 nitrogen and oxygen atoms in total. The number of rotatable bonds is 3. The summed E-state index contributed by atoms with van der Waals surface area (Å²) in [7, 11) is 0. The number of amides is 1. The fourth-order valence-electron chi connectivity index (χ4n) is 2.97. The van der Waals surface area contributed by atoms with Crippen LogP contribution in [-0.2, 0) is 9.53 Å². The van der Waals surface area contributed by atoms with Crippen LogP contribution in [0.2, 0.25) is 0 Å². The van der Waals surface area contributed by atoms with E-state index in [2.05, 4.69) is 17.6 Å². The highest BCUT2D eigenvalue weighted by molar-refractivity contribution is 7.81. The number of thiol groups is 1. The van der Waals surface area contributed by atoms with Crippen molar-refractivity contribution in [2.45, 2.75) is 43.7 Å². The van der Waals surface area contributed by atoms with Gasteiger partial charge < -0.3 is 4.74 Å². The van der Waals surface area contributed by atoms with E-state index >= 15 is 0 Å². The van der Waals surface area contributed by atoms with E-state index in [1.807, 2.05) is 24.3 Å². The average Bonchev–Trinajstić information content (AvgIpc) is 3.14. The number of anilines is 1. The first-order valence-electron chi connectivity index (χ1n) is 8.22. The van der Waals surface area contributed by atoms with Crippen molar-refractivity contribution in [3.63, 3.8) is 0 Å². The molecule has 2 aromatic rings. The number of hydrogen-bond acceptors (Lipinski definition) is 8. The summed E-state index contributed by atoms with van der Waals surface area (Å²) < 4.78 is 6.41. The number of fused-ring (bicyclic) bond motifs is 1. The molecule has 1 saturated heterocycles. The van der Waals surface area contributed by atoms with Crippen LogP contribution in [0, 0.1) is 0 Å². The minimum absolute atomic E-state index is 0.201. The van der Waals surface area contributed by atoms with E-state index in [4.69, 9.17) is 10.6 Å². The van der Waals surface area contributed by atoms with Gasteiger partial charge in [-0.1, -0.05) is 23.5 Å².